The van der Waals surface area contributed by atoms with Gasteiger partial charge in [-0.15, -0.1) is 0 Å². The van der Waals surface area contributed by atoms with E-state index in [1.807, 2.05) is 0 Å². The highest BCUT2D eigenvalue weighted by molar-refractivity contribution is 6.31. The number of aromatic amines is 1. The number of nitrogens with zero attached hydrogens (tertiary/aromatic N) is 4. The third-order valence-corrected chi connectivity index (χ3v) is 5.39. The number of imidazole rings is 1. The molecule has 3 heterocycles. The molecule has 2 aromatic heterocycles. The Morgan fingerprint density at radius 1 is 1.27 bits per heavy atom. The van der Waals surface area contributed by atoms with Gasteiger partial charge in [-0.3, -0.25) is 0 Å². The van der Waals surface area contributed by atoms with Gasteiger partial charge in [0, 0.05) is 30.5 Å². The van der Waals surface area contributed by atoms with Crippen molar-refractivity contribution in [1.29, 1.82) is 0 Å². The number of hydrogen-bond donors (Lipinski definition) is 4. The summed E-state index contributed by atoms with van der Waals surface area (Å²) >= 11 is 5.83. The normalized spacial score (nSPS) is 15.5. The van der Waals surface area contributed by atoms with E-state index in [0.717, 1.165) is 26.2 Å². The van der Waals surface area contributed by atoms with Crippen molar-refractivity contribution in [3.8, 4) is 0 Å². The van der Waals surface area contributed by atoms with E-state index in [1.54, 1.807) is 12.3 Å². The van der Waals surface area contributed by atoms with Gasteiger partial charge in [0.25, 0.3) is 0 Å². The Morgan fingerprint density at radius 3 is 2.87 bits per heavy atom. The Hall–Kier alpha value is -2.91. The molecule has 4 N–H and O–H groups in total. The molecule has 1 aromatic carbocycles. The van der Waals surface area contributed by atoms with Gasteiger partial charge >= 0.3 is 0 Å². The van der Waals surface area contributed by atoms with E-state index in [2.05, 4.69) is 35.6 Å². The number of aromatic nitrogens is 3. The monoisotopic (exact) mass is 431 g/mol. The summed E-state index contributed by atoms with van der Waals surface area (Å²) in [5.74, 6) is 0.238. The standard InChI is InChI=1S/C20H23ClFN7O/c21-15-12-13(4-5-16(15)22)25-18(28-30)14-6-7-23-19-17(14)26-20(27-19)24-8-11-29-9-2-1-3-10-29/h4-7,12,30H,1-3,8-11H2,(H,25,28)(H2,23,24,26,27). The van der Waals surface area contributed by atoms with Gasteiger partial charge in [-0.2, -0.15) is 4.98 Å². The van der Waals surface area contributed by atoms with Crippen molar-refractivity contribution in [1.82, 2.24) is 19.9 Å². The first-order valence-corrected chi connectivity index (χ1v) is 10.3. The lowest BCUT2D eigenvalue weighted by molar-refractivity contribution is 0.237. The van der Waals surface area contributed by atoms with Crippen molar-refractivity contribution in [2.75, 3.05) is 36.8 Å². The molecule has 0 aliphatic carbocycles. The Labute approximate surface area is 178 Å². The first-order chi connectivity index (χ1) is 14.6. The van der Waals surface area contributed by atoms with Gasteiger partial charge in [0.2, 0.25) is 5.95 Å². The Balaban J connectivity index is 1.49. The second-order valence-corrected chi connectivity index (χ2v) is 7.58. The van der Waals surface area contributed by atoms with E-state index in [9.17, 15) is 9.60 Å². The molecule has 0 radical (unpaired) electrons. The number of halogens is 2. The van der Waals surface area contributed by atoms with Gasteiger partial charge in [-0.25, -0.2) is 9.37 Å². The van der Waals surface area contributed by atoms with Crippen molar-refractivity contribution < 1.29 is 9.60 Å². The molecule has 10 heteroatoms. The minimum absolute atomic E-state index is 0.0288. The first kappa shape index (κ1) is 20.4. The highest BCUT2D eigenvalue weighted by atomic mass is 35.5. The molecule has 3 aromatic rings. The number of nitrogens with one attached hydrogen (secondary N) is 3. The van der Waals surface area contributed by atoms with Crippen LogP contribution in [0.4, 0.5) is 16.0 Å². The van der Waals surface area contributed by atoms with Gasteiger partial charge in [-0.1, -0.05) is 23.2 Å². The molecule has 8 nitrogen and oxygen atoms in total. The number of likely N-dealkylation sites (tertiary alicyclic amines) is 1. The van der Waals surface area contributed by atoms with Crippen LogP contribution in [0, 0.1) is 5.82 Å². The Morgan fingerprint density at radius 2 is 2.10 bits per heavy atom. The van der Waals surface area contributed by atoms with Gasteiger partial charge < -0.3 is 25.7 Å². The fourth-order valence-electron chi connectivity index (χ4n) is 3.56. The van der Waals surface area contributed by atoms with Crippen LogP contribution in [0.2, 0.25) is 5.02 Å². The van der Waals surface area contributed by atoms with Crippen molar-refractivity contribution in [2.24, 2.45) is 5.16 Å². The molecule has 30 heavy (non-hydrogen) atoms. The number of amidine groups is 1. The number of fused-ring (bicyclic) bond motifs is 1. The second kappa shape index (κ2) is 9.27. The lowest BCUT2D eigenvalue weighted by Gasteiger charge is -2.26. The number of pyridine rings is 1. The predicted molar refractivity (Wildman–Crippen MR) is 116 cm³/mol. The molecule has 0 saturated carbocycles. The van der Waals surface area contributed by atoms with Crippen LogP contribution in [0.5, 0.6) is 0 Å². The number of benzene rings is 1. The van der Waals surface area contributed by atoms with Crippen molar-refractivity contribution in [3.05, 3.63) is 46.9 Å². The number of piperidine rings is 1. The number of rotatable bonds is 6. The van der Waals surface area contributed by atoms with Crippen LogP contribution < -0.4 is 10.6 Å². The number of oxime groups is 1. The van der Waals surface area contributed by atoms with Gasteiger partial charge in [0.05, 0.1) is 10.5 Å². The summed E-state index contributed by atoms with van der Waals surface area (Å²) in [7, 11) is 0. The second-order valence-electron chi connectivity index (χ2n) is 7.17. The van der Waals surface area contributed by atoms with E-state index in [1.165, 1.54) is 37.5 Å². The topological polar surface area (TPSA) is 101 Å². The maximum Gasteiger partial charge on any atom is 0.202 e. The molecule has 1 fully saturated rings. The molecule has 0 unspecified atom stereocenters. The molecule has 0 atom stereocenters. The summed E-state index contributed by atoms with van der Waals surface area (Å²) in [6.07, 6.45) is 5.41. The highest BCUT2D eigenvalue weighted by Gasteiger charge is 2.15. The Kier molecular flexibility index (Phi) is 6.29. The third-order valence-electron chi connectivity index (χ3n) is 5.10. The van der Waals surface area contributed by atoms with Crippen LogP contribution in [0.15, 0.2) is 35.6 Å². The van der Waals surface area contributed by atoms with Gasteiger partial charge in [0.15, 0.2) is 11.5 Å². The van der Waals surface area contributed by atoms with E-state index in [4.69, 9.17) is 11.6 Å². The average Bonchev–Trinajstić information content (AvgIpc) is 3.18. The summed E-state index contributed by atoms with van der Waals surface area (Å²) < 4.78 is 13.4. The van der Waals surface area contributed by atoms with Crippen molar-refractivity contribution >= 4 is 40.2 Å². The number of H-pyrrole nitrogens is 1. The minimum Gasteiger partial charge on any atom is -0.409 e. The van der Waals surface area contributed by atoms with Gasteiger partial charge in [-0.05, 0) is 50.2 Å². The predicted octanol–water partition coefficient (Wildman–Crippen LogP) is 3.90. The summed E-state index contributed by atoms with van der Waals surface area (Å²) in [6, 6.07) is 5.86. The third kappa shape index (κ3) is 4.63. The summed E-state index contributed by atoms with van der Waals surface area (Å²) in [4.78, 5) is 14.4. The number of anilines is 2. The lowest BCUT2D eigenvalue weighted by Crippen LogP contribution is -2.33. The van der Waals surface area contributed by atoms with Crippen molar-refractivity contribution in [3.63, 3.8) is 0 Å². The molecular formula is C20H23ClFN7O. The van der Waals surface area contributed by atoms with E-state index in [0.29, 0.717) is 28.4 Å². The molecule has 4 rings (SSSR count). The SMILES string of the molecule is O/N=C(/Nc1ccc(F)c(Cl)c1)c1ccnc2nc(NCCN3CCCCC3)[nH]c12. The fourth-order valence-corrected chi connectivity index (χ4v) is 3.74. The first-order valence-electron chi connectivity index (χ1n) is 9.89. The maximum atomic E-state index is 13.4. The van der Waals surface area contributed by atoms with Gasteiger partial charge in [0.1, 0.15) is 5.82 Å². The molecule has 158 valence electrons. The lowest BCUT2D eigenvalue weighted by atomic mass is 10.1. The van der Waals surface area contributed by atoms with Crippen LogP contribution in [-0.2, 0) is 0 Å². The molecule has 1 saturated heterocycles. The number of hydrogen-bond acceptors (Lipinski definition) is 6. The largest absolute Gasteiger partial charge is 0.409 e. The Bertz CT molecular complexity index is 1050. The summed E-state index contributed by atoms with van der Waals surface area (Å²) in [5.41, 5.74) is 2.16. The van der Waals surface area contributed by atoms with E-state index >= 15 is 0 Å². The molecule has 1 aliphatic rings. The zero-order valence-electron chi connectivity index (χ0n) is 16.3. The van der Waals surface area contributed by atoms with E-state index < -0.39 is 5.82 Å². The van der Waals surface area contributed by atoms with Crippen molar-refractivity contribution in [2.45, 2.75) is 19.3 Å². The molecule has 0 amide bonds. The molecule has 1 aliphatic heterocycles. The van der Waals surface area contributed by atoms with Crippen LogP contribution >= 0.6 is 11.6 Å². The maximum absolute atomic E-state index is 13.4. The smallest absolute Gasteiger partial charge is 0.202 e. The van der Waals surface area contributed by atoms with Crippen LogP contribution in [-0.4, -0.2) is 57.1 Å². The zero-order valence-corrected chi connectivity index (χ0v) is 17.1. The summed E-state index contributed by atoms with van der Waals surface area (Å²) in [6.45, 7) is 4.00. The molecular weight excluding hydrogens is 409 g/mol. The molecule has 0 bridgehead atoms. The van der Waals surface area contributed by atoms with Crippen LogP contribution in [0.3, 0.4) is 0 Å². The van der Waals surface area contributed by atoms with Crippen LogP contribution in [0.1, 0.15) is 24.8 Å². The quantitative estimate of drug-likeness (QED) is 0.204. The molecule has 0 spiro atoms. The van der Waals surface area contributed by atoms with Crippen LogP contribution in [0.25, 0.3) is 11.2 Å². The zero-order chi connectivity index (χ0) is 20.9. The van der Waals surface area contributed by atoms with E-state index in [-0.39, 0.29) is 10.9 Å². The average molecular weight is 432 g/mol. The minimum atomic E-state index is -0.523. The fraction of sp³-hybridized carbons (Fsp3) is 0.350. The summed E-state index contributed by atoms with van der Waals surface area (Å²) in [5, 5.41) is 19.1. The highest BCUT2D eigenvalue weighted by Crippen LogP contribution is 2.22.